The number of aryl methyl sites for hydroxylation is 3. The predicted octanol–water partition coefficient (Wildman–Crippen LogP) is 2.37. The van der Waals surface area contributed by atoms with Gasteiger partial charge in [-0.3, -0.25) is 9.59 Å². The molecule has 0 aliphatic rings. The molecule has 0 aliphatic carbocycles. The van der Waals surface area contributed by atoms with Crippen molar-refractivity contribution in [2.75, 3.05) is 11.9 Å². The number of nitrogens with zero attached hydrogens (tertiary/aromatic N) is 1. The van der Waals surface area contributed by atoms with Gasteiger partial charge < -0.3 is 15.2 Å². The van der Waals surface area contributed by atoms with Crippen LogP contribution in [-0.4, -0.2) is 23.5 Å². The molecule has 1 aromatic heterocycles. The summed E-state index contributed by atoms with van der Waals surface area (Å²) in [5, 5.41) is 8.79. The molecule has 2 rings (SSSR count). The molecule has 1 aromatic carbocycles. The molecule has 0 unspecified atom stereocenters. The molecular weight excluding hydrogens is 294 g/mol. The Morgan fingerprint density at radius 3 is 2.52 bits per heavy atom. The molecule has 2 N–H and O–H groups in total. The van der Waals surface area contributed by atoms with E-state index in [1.807, 2.05) is 6.92 Å². The first-order valence-electron chi connectivity index (χ1n) is 7.58. The van der Waals surface area contributed by atoms with E-state index in [-0.39, 0.29) is 18.4 Å². The van der Waals surface area contributed by atoms with Crippen molar-refractivity contribution in [2.45, 2.75) is 33.1 Å². The highest BCUT2D eigenvalue weighted by Gasteiger charge is 2.08. The van der Waals surface area contributed by atoms with Crippen molar-refractivity contribution in [2.24, 2.45) is 0 Å². The monoisotopic (exact) mass is 315 g/mol. The van der Waals surface area contributed by atoms with Crippen molar-refractivity contribution in [1.82, 2.24) is 10.5 Å². The molecule has 1 heterocycles. The standard InChI is InChI=1S/C17H21N3O3/c1-12-6-8-14(9-7-12)4-3-5-16(21)18-11-17(22)19-15-10-13(2)23-20-15/h6-10H,3-5,11H2,1-2H3,(H,18,21)(H,19,20,22). The Balaban J connectivity index is 1.62. The van der Waals surface area contributed by atoms with Crippen LogP contribution in [0.15, 0.2) is 34.9 Å². The second-order valence-corrected chi connectivity index (χ2v) is 5.49. The molecule has 0 aliphatic heterocycles. The summed E-state index contributed by atoms with van der Waals surface area (Å²) < 4.78 is 4.84. The van der Waals surface area contributed by atoms with E-state index in [1.165, 1.54) is 11.1 Å². The van der Waals surface area contributed by atoms with Crippen LogP contribution in [-0.2, 0) is 16.0 Å². The van der Waals surface area contributed by atoms with Crippen molar-refractivity contribution in [3.8, 4) is 0 Å². The fraction of sp³-hybridized carbons (Fsp3) is 0.353. The third-order valence-electron chi connectivity index (χ3n) is 3.33. The first-order chi connectivity index (χ1) is 11.0. The molecule has 2 amide bonds. The van der Waals surface area contributed by atoms with Crippen LogP contribution in [0.3, 0.4) is 0 Å². The van der Waals surface area contributed by atoms with Crippen molar-refractivity contribution < 1.29 is 14.1 Å². The Labute approximate surface area is 135 Å². The second-order valence-electron chi connectivity index (χ2n) is 5.49. The van der Waals surface area contributed by atoms with Crippen molar-refractivity contribution in [3.05, 3.63) is 47.2 Å². The Hall–Kier alpha value is -2.63. The maximum absolute atomic E-state index is 11.7. The largest absolute Gasteiger partial charge is 0.360 e. The number of carbonyl (C=O) groups excluding carboxylic acids is 2. The van der Waals surface area contributed by atoms with Crippen LogP contribution in [0.5, 0.6) is 0 Å². The molecule has 6 heteroatoms. The van der Waals surface area contributed by atoms with Gasteiger partial charge in [-0.2, -0.15) is 0 Å². The van der Waals surface area contributed by atoms with Crippen LogP contribution in [0.2, 0.25) is 0 Å². The zero-order valence-corrected chi connectivity index (χ0v) is 13.4. The maximum atomic E-state index is 11.7. The van der Waals surface area contributed by atoms with E-state index < -0.39 is 0 Å². The summed E-state index contributed by atoms with van der Waals surface area (Å²) in [7, 11) is 0. The molecule has 0 radical (unpaired) electrons. The van der Waals surface area contributed by atoms with Gasteiger partial charge in [0, 0.05) is 12.5 Å². The molecule has 6 nitrogen and oxygen atoms in total. The molecular formula is C17H21N3O3. The maximum Gasteiger partial charge on any atom is 0.245 e. The van der Waals surface area contributed by atoms with E-state index >= 15 is 0 Å². The average Bonchev–Trinajstić information content (AvgIpc) is 2.92. The molecule has 122 valence electrons. The van der Waals surface area contributed by atoms with Crippen molar-refractivity contribution in [1.29, 1.82) is 0 Å². The number of amides is 2. The first kappa shape index (κ1) is 16.7. The highest BCUT2D eigenvalue weighted by molar-refractivity contribution is 5.93. The first-order valence-corrected chi connectivity index (χ1v) is 7.58. The van der Waals surface area contributed by atoms with Gasteiger partial charge in [-0.25, -0.2) is 0 Å². The minimum Gasteiger partial charge on any atom is -0.360 e. The van der Waals surface area contributed by atoms with E-state index in [2.05, 4.69) is 40.1 Å². The smallest absolute Gasteiger partial charge is 0.245 e. The number of carbonyl (C=O) groups is 2. The van der Waals surface area contributed by atoms with Gasteiger partial charge in [0.15, 0.2) is 5.82 Å². The fourth-order valence-electron chi connectivity index (χ4n) is 2.09. The van der Waals surface area contributed by atoms with Gasteiger partial charge >= 0.3 is 0 Å². The highest BCUT2D eigenvalue weighted by Crippen LogP contribution is 2.07. The van der Waals surface area contributed by atoms with Crippen LogP contribution >= 0.6 is 0 Å². The van der Waals surface area contributed by atoms with E-state index in [0.29, 0.717) is 18.0 Å². The van der Waals surface area contributed by atoms with Crippen molar-refractivity contribution in [3.63, 3.8) is 0 Å². The zero-order chi connectivity index (χ0) is 16.7. The predicted molar refractivity (Wildman–Crippen MR) is 87.0 cm³/mol. The molecule has 0 bridgehead atoms. The summed E-state index contributed by atoms with van der Waals surface area (Å²) in [4.78, 5) is 23.4. The lowest BCUT2D eigenvalue weighted by molar-refractivity contribution is -0.124. The van der Waals surface area contributed by atoms with E-state index in [0.717, 1.165) is 12.8 Å². The summed E-state index contributed by atoms with van der Waals surface area (Å²) >= 11 is 0. The summed E-state index contributed by atoms with van der Waals surface area (Å²) in [5.74, 6) is 0.496. The number of rotatable bonds is 7. The van der Waals surface area contributed by atoms with E-state index in [4.69, 9.17) is 4.52 Å². The zero-order valence-electron chi connectivity index (χ0n) is 13.4. The number of hydrogen-bond acceptors (Lipinski definition) is 4. The number of aromatic nitrogens is 1. The summed E-state index contributed by atoms with van der Waals surface area (Å²) in [6.07, 6.45) is 1.99. The van der Waals surface area contributed by atoms with Crippen LogP contribution in [0.1, 0.15) is 29.7 Å². The quantitative estimate of drug-likeness (QED) is 0.821. The molecule has 0 saturated carbocycles. The van der Waals surface area contributed by atoms with Gasteiger partial charge in [0.1, 0.15) is 5.76 Å². The fourth-order valence-corrected chi connectivity index (χ4v) is 2.09. The van der Waals surface area contributed by atoms with E-state index in [9.17, 15) is 9.59 Å². The minimum absolute atomic E-state index is 0.0741. The van der Waals surface area contributed by atoms with Gasteiger partial charge in [-0.05, 0) is 32.3 Å². The number of nitrogens with one attached hydrogen (secondary N) is 2. The lowest BCUT2D eigenvalue weighted by Gasteiger charge is -2.05. The van der Waals surface area contributed by atoms with Crippen LogP contribution in [0, 0.1) is 13.8 Å². The van der Waals surface area contributed by atoms with Gasteiger partial charge in [0.25, 0.3) is 0 Å². The number of hydrogen-bond donors (Lipinski definition) is 2. The SMILES string of the molecule is Cc1ccc(CCCC(=O)NCC(=O)Nc2cc(C)on2)cc1. The van der Waals surface area contributed by atoms with E-state index in [1.54, 1.807) is 13.0 Å². The Morgan fingerprint density at radius 2 is 1.87 bits per heavy atom. The molecule has 2 aromatic rings. The van der Waals surface area contributed by atoms with Gasteiger partial charge in [0.05, 0.1) is 6.54 Å². The van der Waals surface area contributed by atoms with Crippen LogP contribution in [0.4, 0.5) is 5.82 Å². The van der Waals surface area contributed by atoms with Crippen molar-refractivity contribution >= 4 is 17.6 Å². The Kier molecular flexibility index (Phi) is 5.91. The van der Waals surface area contributed by atoms with Crippen LogP contribution < -0.4 is 10.6 Å². The summed E-state index contributed by atoms with van der Waals surface area (Å²) in [6, 6.07) is 9.87. The lowest BCUT2D eigenvalue weighted by atomic mass is 10.1. The van der Waals surface area contributed by atoms with Gasteiger partial charge in [-0.1, -0.05) is 35.0 Å². The lowest BCUT2D eigenvalue weighted by Crippen LogP contribution is -2.32. The average molecular weight is 315 g/mol. The Morgan fingerprint density at radius 1 is 1.13 bits per heavy atom. The molecule has 0 saturated heterocycles. The molecule has 0 spiro atoms. The summed E-state index contributed by atoms with van der Waals surface area (Å²) in [5.41, 5.74) is 2.43. The second kappa shape index (κ2) is 8.12. The normalized spacial score (nSPS) is 10.3. The van der Waals surface area contributed by atoms with Crippen LogP contribution in [0.25, 0.3) is 0 Å². The number of anilines is 1. The Bertz CT molecular complexity index is 662. The van der Waals surface area contributed by atoms with Gasteiger partial charge in [-0.15, -0.1) is 0 Å². The third-order valence-corrected chi connectivity index (χ3v) is 3.33. The minimum atomic E-state index is -0.329. The number of benzene rings is 1. The summed E-state index contributed by atoms with van der Waals surface area (Å²) in [6.45, 7) is 3.70. The topological polar surface area (TPSA) is 84.2 Å². The highest BCUT2D eigenvalue weighted by atomic mass is 16.5. The molecule has 0 fully saturated rings. The molecule has 23 heavy (non-hydrogen) atoms. The molecule has 0 atom stereocenters. The third kappa shape index (κ3) is 5.94. The van der Waals surface area contributed by atoms with Gasteiger partial charge in [0.2, 0.25) is 11.8 Å².